The first-order chi connectivity index (χ1) is 23.9. The van der Waals surface area contributed by atoms with Crippen LogP contribution in [0.2, 0.25) is 0 Å². The minimum Gasteiger partial charge on any atom is -0.478 e. The Kier molecular flexibility index (Phi) is 19.0. The number of nitrogens with zero attached hydrogens (tertiary/aromatic N) is 3. The molecule has 1 aliphatic heterocycles. The second-order valence-electron chi connectivity index (χ2n) is 13.9. The number of aromatic carboxylic acids is 1. The Bertz CT molecular complexity index is 1540. The molecule has 0 bridgehead atoms. The number of carbonyl (C=O) groups is 1. The highest BCUT2D eigenvalue weighted by Gasteiger charge is 2.17. The molecule has 272 valence electrons. The second kappa shape index (κ2) is 22.6. The molecule has 2 atom stereocenters. The fourth-order valence-corrected chi connectivity index (χ4v) is 5.63. The molecule has 0 amide bonds. The normalized spacial score (nSPS) is 14.4. The summed E-state index contributed by atoms with van der Waals surface area (Å²) in [6, 6.07) is 17.1. The molecule has 1 N–H and O–H groups in total. The first-order valence-electron chi connectivity index (χ1n) is 18.1. The molecule has 1 saturated heterocycles. The van der Waals surface area contributed by atoms with Gasteiger partial charge in [-0.15, -0.1) is 0 Å². The molecule has 3 aromatic rings. The molecule has 0 saturated carbocycles. The summed E-state index contributed by atoms with van der Waals surface area (Å²) >= 11 is 0. The van der Waals surface area contributed by atoms with Crippen molar-refractivity contribution in [3.63, 3.8) is 0 Å². The SMILES string of the molecule is CC(CC(C)C)=Nc1ccc(C(=O)O)cc1C.CCCC[C@@H]1CCO1.CCC[C@H](CC(C)C)c1cccc(OCc2ccc(C#N)cc2F)n1. The number of pyridine rings is 1. The summed E-state index contributed by atoms with van der Waals surface area (Å²) in [7, 11) is 0. The Balaban J connectivity index is 0.000000297. The second-order valence-corrected chi connectivity index (χ2v) is 13.9. The zero-order valence-electron chi connectivity index (χ0n) is 31.5. The number of nitriles is 1. The van der Waals surface area contributed by atoms with Gasteiger partial charge in [-0.3, -0.25) is 4.99 Å². The third-order valence-corrected chi connectivity index (χ3v) is 8.25. The summed E-state index contributed by atoms with van der Waals surface area (Å²) in [5.41, 5.74) is 4.89. The Labute approximate surface area is 300 Å². The van der Waals surface area contributed by atoms with Gasteiger partial charge < -0.3 is 14.6 Å². The minimum atomic E-state index is -0.900. The molecule has 7 nitrogen and oxygen atoms in total. The Morgan fingerprint density at radius 2 is 1.84 bits per heavy atom. The van der Waals surface area contributed by atoms with Gasteiger partial charge in [0.15, 0.2) is 0 Å². The molecular formula is C42H58FN3O4. The molecule has 0 aliphatic carbocycles. The summed E-state index contributed by atoms with van der Waals surface area (Å²) in [4.78, 5) is 19.9. The highest BCUT2D eigenvalue weighted by atomic mass is 19.1. The molecule has 50 heavy (non-hydrogen) atoms. The van der Waals surface area contributed by atoms with Crippen LogP contribution in [0.3, 0.4) is 0 Å². The predicted molar refractivity (Wildman–Crippen MR) is 201 cm³/mol. The van der Waals surface area contributed by atoms with Gasteiger partial charge in [0.2, 0.25) is 5.88 Å². The molecule has 0 spiro atoms. The lowest BCUT2D eigenvalue weighted by Gasteiger charge is -2.25. The van der Waals surface area contributed by atoms with Crippen molar-refractivity contribution >= 4 is 17.4 Å². The fourth-order valence-electron chi connectivity index (χ4n) is 5.63. The van der Waals surface area contributed by atoms with Crippen molar-refractivity contribution in [3.05, 3.63) is 88.4 Å². The number of hydrogen-bond acceptors (Lipinski definition) is 6. The van der Waals surface area contributed by atoms with Crippen molar-refractivity contribution in [2.45, 2.75) is 125 Å². The van der Waals surface area contributed by atoms with Crippen LogP contribution in [0.15, 0.2) is 59.6 Å². The van der Waals surface area contributed by atoms with Crippen molar-refractivity contribution in [2.24, 2.45) is 16.8 Å². The van der Waals surface area contributed by atoms with E-state index in [1.54, 1.807) is 36.4 Å². The summed E-state index contributed by atoms with van der Waals surface area (Å²) in [6.07, 6.45) is 10.1. The van der Waals surface area contributed by atoms with Crippen molar-refractivity contribution in [1.29, 1.82) is 5.26 Å². The van der Waals surface area contributed by atoms with Gasteiger partial charge in [0, 0.05) is 35.6 Å². The van der Waals surface area contributed by atoms with Crippen LogP contribution in [-0.2, 0) is 11.3 Å². The van der Waals surface area contributed by atoms with Crippen LogP contribution in [0, 0.1) is 35.9 Å². The lowest BCUT2D eigenvalue weighted by Crippen LogP contribution is -2.26. The zero-order chi connectivity index (χ0) is 37.1. The van der Waals surface area contributed by atoms with Crippen LogP contribution in [-0.4, -0.2) is 34.5 Å². The van der Waals surface area contributed by atoms with E-state index in [4.69, 9.17) is 19.8 Å². The quantitative estimate of drug-likeness (QED) is 0.159. The summed E-state index contributed by atoms with van der Waals surface area (Å²) < 4.78 is 24.9. The van der Waals surface area contributed by atoms with Crippen LogP contribution in [0.5, 0.6) is 5.88 Å². The number of benzene rings is 2. The number of carboxylic acid groups (broad SMARTS) is 1. The zero-order valence-corrected chi connectivity index (χ0v) is 31.5. The van der Waals surface area contributed by atoms with Gasteiger partial charge in [-0.1, -0.05) is 72.9 Å². The number of rotatable bonds is 15. The number of halogens is 1. The smallest absolute Gasteiger partial charge is 0.335 e. The maximum atomic E-state index is 13.9. The average Bonchev–Trinajstić information content (AvgIpc) is 3.04. The number of aliphatic imine (C=N–C) groups is 1. The Morgan fingerprint density at radius 1 is 1.10 bits per heavy atom. The molecule has 2 aromatic carbocycles. The fraction of sp³-hybridized carbons (Fsp3) is 0.524. The molecule has 0 radical (unpaired) electrons. The van der Waals surface area contributed by atoms with Gasteiger partial charge in [0.1, 0.15) is 12.4 Å². The standard InChI is InChI=1S/C21H25FN2O.C14H19NO2.C7H14O/c1-4-6-17(11-15(2)3)20-7-5-8-21(24-20)25-14-18-10-9-16(13-23)12-19(18)22;1-9(2)7-11(4)15-13-6-5-12(14(16)17)8-10(13)3;1-2-3-4-7-5-6-8-7/h5,7-10,12,15,17H,4,6,11,14H2,1-3H3;5-6,8-9H,7H2,1-4H3,(H,16,17);7H,2-6H2,1H3/t17-;;7-/m1.1/s1. The maximum Gasteiger partial charge on any atom is 0.335 e. The lowest BCUT2D eigenvalue weighted by molar-refractivity contribution is -0.0553. The van der Waals surface area contributed by atoms with E-state index in [9.17, 15) is 9.18 Å². The van der Waals surface area contributed by atoms with Crippen molar-refractivity contribution in [2.75, 3.05) is 6.61 Å². The molecule has 2 heterocycles. The highest BCUT2D eigenvalue weighted by Crippen LogP contribution is 2.28. The summed E-state index contributed by atoms with van der Waals surface area (Å²) in [6.45, 7) is 18.1. The van der Waals surface area contributed by atoms with E-state index < -0.39 is 11.8 Å². The maximum absolute atomic E-state index is 13.9. The number of aromatic nitrogens is 1. The first kappa shape index (κ1) is 42.1. The average molecular weight is 688 g/mol. The number of carboxylic acids is 1. The largest absolute Gasteiger partial charge is 0.478 e. The van der Waals surface area contributed by atoms with E-state index in [0.717, 1.165) is 54.9 Å². The third-order valence-electron chi connectivity index (χ3n) is 8.25. The van der Waals surface area contributed by atoms with Gasteiger partial charge in [-0.05, 0) is 99.7 Å². The van der Waals surface area contributed by atoms with Gasteiger partial charge in [-0.25, -0.2) is 14.2 Å². The van der Waals surface area contributed by atoms with Crippen molar-refractivity contribution < 1.29 is 23.8 Å². The number of aryl methyl sites for hydroxylation is 1. The molecule has 1 aromatic heterocycles. The summed E-state index contributed by atoms with van der Waals surface area (Å²) in [5, 5.41) is 17.7. The van der Waals surface area contributed by atoms with Crippen LogP contribution >= 0.6 is 0 Å². The molecular weight excluding hydrogens is 629 g/mol. The van der Waals surface area contributed by atoms with E-state index >= 15 is 0 Å². The van der Waals surface area contributed by atoms with E-state index in [0.29, 0.717) is 46.4 Å². The van der Waals surface area contributed by atoms with Crippen molar-refractivity contribution in [1.82, 2.24) is 4.98 Å². The lowest BCUT2D eigenvalue weighted by atomic mass is 9.90. The van der Waals surface area contributed by atoms with E-state index in [2.05, 4.69) is 51.5 Å². The monoisotopic (exact) mass is 687 g/mol. The van der Waals surface area contributed by atoms with Crippen LogP contribution in [0.25, 0.3) is 0 Å². The minimum absolute atomic E-state index is 0.0939. The van der Waals surface area contributed by atoms with Gasteiger partial charge in [0.25, 0.3) is 0 Å². The molecule has 0 unspecified atom stereocenters. The van der Waals surface area contributed by atoms with E-state index in [-0.39, 0.29) is 6.61 Å². The molecule has 8 heteroatoms. The predicted octanol–water partition coefficient (Wildman–Crippen LogP) is 11.4. The number of ether oxygens (including phenoxy) is 2. The number of unbranched alkanes of at least 4 members (excludes halogenated alkanes) is 1. The molecule has 4 rings (SSSR count). The van der Waals surface area contributed by atoms with E-state index in [1.807, 2.05) is 32.0 Å². The van der Waals surface area contributed by atoms with Gasteiger partial charge in [-0.2, -0.15) is 5.26 Å². The Hall–Kier alpha value is -4.09. The van der Waals surface area contributed by atoms with Gasteiger partial charge >= 0.3 is 5.97 Å². The van der Waals surface area contributed by atoms with Gasteiger partial charge in [0.05, 0.1) is 29.0 Å². The number of hydrogen-bond donors (Lipinski definition) is 1. The van der Waals surface area contributed by atoms with E-state index in [1.165, 1.54) is 31.7 Å². The topological polar surface area (TPSA) is 105 Å². The van der Waals surface area contributed by atoms with Crippen LogP contribution < -0.4 is 4.74 Å². The first-order valence-corrected chi connectivity index (χ1v) is 18.1. The van der Waals surface area contributed by atoms with Crippen LogP contribution in [0.1, 0.15) is 138 Å². The van der Waals surface area contributed by atoms with Crippen LogP contribution in [0.4, 0.5) is 10.1 Å². The third kappa shape index (κ3) is 15.6. The Morgan fingerprint density at radius 3 is 2.38 bits per heavy atom. The highest BCUT2D eigenvalue weighted by molar-refractivity contribution is 5.89. The van der Waals surface area contributed by atoms with Crippen molar-refractivity contribution in [3.8, 4) is 11.9 Å². The molecule has 1 fully saturated rings. The molecule has 1 aliphatic rings. The summed E-state index contributed by atoms with van der Waals surface area (Å²) in [5.74, 6) is 0.778.